The molecule has 2 rings (SSSR count). The van der Waals surface area contributed by atoms with Crippen molar-refractivity contribution < 1.29 is 0 Å². The first kappa shape index (κ1) is 15.7. The Morgan fingerprint density at radius 3 is 2.11 bits per heavy atom. The molecule has 2 fully saturated rings. The van der Waals surface area contributed by atoms with E-state index in [1.807, 2.05) is 0 Å². The molecule has 0 aromatic heterocycles. The molecule has 0 aliphatic carbocycles. The molecule has 0 radical (unpaired) electrons. The van der Waals surface area contributed by atoms with Crippen LogP contribution in [0.3, 0.4) is 0 Å². The van der Waals surface area contributed by atoms with Gasteiger partial charge < -0.3 is 0 Å². The molecule has 3 heteroatoms. The van der Waals surface area contributed by atoms with E-state index < -0.39 is 7.38 Å². The van der Waals surface area contributed by atoms with Crippen molar-refractivity contribution in [2.75, 3.05) is 0 Å². The molecule has 2 aliphatic rings. The Bertz CT molecular complexity index is 299. The summed E-state index contributed by atoms with van der Waals surface area (Å²) in [7, 11) is -1.66. The van der Waals surface area contributed by atoms with Crippen molar-refractivity contribution in [3.63, 3.8) is 0 Å². The third-order valence-corrected chi connectivity index (χ3v) is 7.85. The van der Waals surface area contributed by atoms with Crippen LogP contribution in [0.25, 0.3) is 0 Å². The van der Waals surface area contributed by atoms with Gasteiger partial charge in [0.05, 0.1) is 0 Å². The summed E-state index contributed by atoms with van der Waals surface area (Å²) < 4.78 is 0. The molecule has 0 aromatic carbocycles. The van der Waals surface area contributed by atoms with Gasteiger partial charge in [0.25, 0.3) is 0 Å². The Morgan fingerprint density at radius 1 is 1.16 bits per heavy atom. The fourth-order valence-corrected chi connectivity index (χ4v) is 6.92. The first-order valence-electron chi connectivity index (χ1n) is 8.43. The largest absolute Gasteiger partial charge is 0.173 e. The van der Waals surface area contributed by atoms with Crippen LogP contribution >= 0.6 is 11.1 Å². The van der Waals surface area contributed by atoms with Gasteiger partial charge in [-0.15, -0.1) is 0 Å². The standard InChI is InChI=1S/C16H30BClSi/c1-4-5-6-13-16(19(2,3)18)17-14-9-7-10-15(17)12-8-11-14/h13-15H,4-12H2,1-3H3/b16-13-. The van der Waals surface area contributed by atoms with Crippen molar-refractivity contribution in [2.45, 2.75) is 89.4 Å². The Morgan fingerprint density at radius 2 is 1.68 bits per heavy atom. The van der Waals surface area contributed by atoms with Crippen molar-refractivity contribution in [3.8, 4) is 0 Å². The van der Waals surface area contributed by atoms with Crippen molar-refractivity contribution in [1.29, 1.82) is 0 Å². The smallest absolute Gasteiger partial charge is 0.163 e. The quantitative estimate of drug-likeness (QED) is 0.320. The zero-order valence-corrected chi connectivity index (χ0v) is 14.8. The molecule has 0 saturated carbocycles. The molecule has 0 aromatic rings. The van der Waals surface area contributed by atoms with E-state index in [-0.39, 0.29) is 0 Å². The number of hydrogen-bond donors (Lipinski definition) is 0. The van der Waals surface area contributed by atoms with Crippen LogP contribution in [0.5, 0.6) is 0 Å². The second-order valence-corrected chi connectivity index (χ2v) is 13.5. The van der Waals surface area contributed by atoms with Crippen LogP contribution in [-0.4, -0.2) is 14.1 Å². The maximum absolute atomic E-state index is 6.89. The first-order chi connectivity index (χ1) is 9.04. The van der Waals surface area contributed by atoms with Crippen LogP contribution in [-0.2, 0) is 0 Å². The number of allylic oxidation sites excluding steroid dienone is 1. The molecule has 108 valence electrons. The third-order valence-electron chi connectivity index (χ3n) is 5.28. The van der Waals surface area contributed by atoms with Gasteiger partial charge in [-0.3, -0.25) is 0 Å². The number of fused-ring (bicyclic) bond motifs is 2. The van der Waals surface area contributed by atoms with Gasteiger partial charge in [0.1, 0.15) is 0 Å². The molecule has 0 amide bonds. The lowest BCUT2D eigenvalue weighted by atomic mass is 9.27. The van der Waals surface area contributed by atoms with Gasteiger partial charge in [0.2, 0.25) is 0 Å². The van der Waals surface area contributed by atoms with Gasteiger partial charge in [-0.25, -0.2) is 0 Å². The molecule has 0 unspecified atom stereocenters. The Kier molecular flexibility index (Phi) is 5.66. The lowest BCUT2D eigenvalue weighted by molar-refractivity contribution is 0.446. The number of unbranched alkanes of at least 4 members (excludes halogenated alkanes) is 2. The Hall–Kier alpha value is 0.312. The lowest BCUT2D eigenvalue weighted by Crippen LogP contribution is -2.43. The zero-order chi connectivity index (χ0) is 13.9. The highest BCUT2D eigenvalue weighted by molar-refractivity contribution is 7.28. The topological polar surface area (TPSA) is 0 Å². The van der Waals surface area contributed by atoms with E-state index in [1.165, 1.54) is 57.8 Å². The van der Waals surface area contributed by atoms with Gasteiger partial charge in [-0.2, -0.15) is 11.1 Å². The zero-order valence-electron chi connectivity index (χ0n) is 13.1. The van der Waals surface area contributed by atoms with Crippen LogP contribution in [0.4, 0.5) is 0 Å². The summed E-state index contributed by atoms with van der Waals surface area (Å²) in [4.78, 5) is 0. The number of halogens is 1. The average molecular weight is 297 g/mol. The van der Waals surface area contributed by atoms with Crippen molar-refractivity contribution in [3.05, 3.63) is 11.2 Å². The van der Waals surface area contributed by atoms with Crippen molar-refractivity contribution in [1.82, 2.24) is 0 Å². The molecule has 0 nitrogen and oxygen atoms in total. The Labute approximate surface area is 126 Å². The summed E-state index contributed by atoms with van der Waals surface area (Å²) in [5, 5.41) is 1.72. The van der Waals surface area contributed by atoms with Crippen LogP contribution in [0.2, 0.25) is 24.7 Å². The molecule has 2 aliphatic heterocycles. The maximum Gasteiger partial charge on any atom is 0.173 e. The molecular formula is C16H30BClSi. The fourth-order valence-electron chi connectivity index (χ4n) is 4.42. The number of rotatable bonds is 5. The van der Waals surface area contributed by atoms with Crippen LogP contribution in [0, 0.1) is 0 Å². The second kappa shape index (κ2) is 6.85. The predicted molar refractivity (Wildman–Crippen MR) is 91.9 cm³/mol. The molecule has 2 bridgehead atoms. The highest BCUT2D eigenvalue weighted by Gasteiger charge is 2.45. The molecular weight excluding hydrogens is 267 g/mol. The van der Waals surface area contributed by atoms with E-state index in [0.717, 1.165) is 18.3 Å². The van der Waals surface area contributed by atoms with Crippen molar-refractivity contribution >= 4 is 25.2 Å². The van der Waals surface area contributed by atoms with Gasteiger partial charge in [-0.05, 0) is 6.42 Å². The van der Waals surface area contributed by atoms with Crippen LogP contribution in [0.15, 0.2) is 11.2 Å². The molecule has 19 heavy (non-hydrogen) atoms. The van der Waals surface area contributed by atoms with Crippen LogP contribution < -0.4 is 0 Å². The van der Waals surface area contributed by atoms with E-state index >= 15 is 0 Å². The SMILES string of the molecule is CCCC/C=C(/B1C2CCCC1CCC2)[Si](C)(C)Cl. The van der Waals surface area contributed by atoms with Crippen molar-refractivity contribution in [2.24, 2.45) is 0 Å². The first-order valence-corrected chi connectivity index (χ1v) is 12.4. The van der Waals surface area contributed by atoms with Gasteiger partial charge in [-0.1, -0.05) is 94.2 Å². The predicted octanol–water partition coefficient (Wildman–Crippen LogP) is 6.23. The molecule has 2 saturated heterocycles. The second-order valence-electron chi connectivity index (χ2n) is 7.18. The average Bonchev–Trinajstić information content (AvgIpc) is 2.32. The highest BCUT2D eigenvalue weighted by Crippen LogP contribution is 2.50. The van der Waals surface area contributed by atoms with E-state index in [1.54, 1.807) is 5.10 Å². The highest BCUT2D eigenvalue weighted by atomic mass is 35.6. The number of hydrogen-bond acceptors (Lipinski definition) is 0. The fraction of sp³-hybridized carbons (Fsp3) is 0.875. The summed E-state index contributed by atoms with van der Waals surface area (Å²) in [5.74, 6) is 1.93. The molecule has 0 atom stereocenters. The van der Waals surface area contributed by atoms with E-state index in [2.05, 4.69) is 26.1 Å². The van der Waals surface area contributed by atoms with E-state index in [9.17, 15) is 0 Å². The minimum absolute atomic E-state index is 0.860. The normalized spacial score (nSPS) is 28.6. The maximum atomic E-state index is 6.89. The summed E-state index contributed by atoms with van der Waals surface area (Å²) in [6, 6.07) is 0. The molecule has 2 heterocycles. The summed E-state index contributed by atoms with van der Waals surface area (Å²) in [5.41, 5.74) is 0. The lowest BCUT2D eigenvalue weighted by Gasteiger charge is -2.44. The van der Waals surface area contributed by atoms with Gasteiger partial charge >= 0.3 is 0 Å². The van der Waals surface area contributed by atoms with Gasteiger partial charge in [0.15, 0.2) is 14.1 Å². The monoisotopic (exact) mass is 296 g/mol. The summed E-state index contributed by atoms with van der Waals surface area (Å²) in [6.07, 6.45) is 15.3. The van der Waals surface area contributed by atoms with Crippen LogP contribution in [0.1, 0.15) is 64.7 Å². The third kappa shape index (κ3) is 3.91. The minimum Gasteiger partial charge on any atom is -0.163 e. The van der Waals surface area contributed by atoms with E-state index in [4.69, 9.17) is 11.1 Å². The minimum atomic E-state index is -1.66. The summed E-state index contributed by atoms with van der Waals surface area (Å²) >= 11 is 6.89. The van der Waals surface area contributed by atoms with Gasteiger partial charge in [0, 0.05) is 0 Å². The van der Waals surface area contributed by atoms with E-state index in [0.29, 0.717) is 0 Å². The summed E-state index contributed by atoms with van der Waals surface area (Å²) in [6.45, 7) is 7.83. The molecule has 0 spiro atoms. The molecule has 0 N–H and O–H groups in total. The Balaban J connectivity index is 2.19.